The quantitative estimate of drug-likeness (QED) is 0.662. The van der Waals surface area contributed by atoms with Gasteiger partial charge in [-0.2, -0.15) is 0 Å². The molecular formula is C12H20O. The second-order valence-corrected chi connectivity index (χ2v) is 5.02. The van der Waals surface area contributed by atoms with Crippen LogP contribution in [0.25, 0.3) is 0 Å². The summed E-state index contributed by atoms with van der Waals surface area (Å²) in [6.45, 7) is 6.92. The minimum absolute atomic E-state index is 0.349. The van der Waals surface area contributed by atoms with Crippen LogP contribution in [0, 0.1) is 17.3 Å². The number of hydrogen-bond acceptors (Lipinski definition) is 1. The van der Waals surface area contributed by atoms with Crippen molar-refractivity contribution in [3.8, 4) is 0 Å². The average molecular weight is 180 g/mol. The first kappa shape index (κ1) is 9.26. The van der Waals surface area contributed by atoms with E-state index in [4.69, 9.17) is 5.11 Å². The second-order valence-electron chi connectivity index (χ2n) is 5.02. The summed E-state index contributed by atoms with van der Waals surface area (Å²) >= 11 is 0. The molecule has 0 heterocycles. The van der Waals surface area contributed by atoms with E-state index in [0.717, 1.165) is 18.3 Å². The molecule has 3 atom stereocenters. The molecule has 3 aliphatic carbocycles. The molecular weight excluding hydrogens is 160 g/mol. The zero-order valence-corrected chi connectivity index (χ0v) is 8.55. The summed E-state index contributed by atoms with van der Waals surface area (Å²) < 4.78 is 0. The van der Waals surface area contributed by atoms with Crippen LogP contribution in [-0.4, -0.2) is 11.7 Å². The summed E-state index contributed by atoms with van der Waals surface area (Å²) in [5.74, 6) is 1.70. The van der Waals surface area contributed by atoms with Crippen molar-refractivity contribution in [3.63, 3.8) is 0 Å². The third-order valence-electron chi connectivity index (χ3n) is 4.43. The third-order valence-corrected chi connectivity index (χ3v) is 4.43. The van der Waals surface area contributed by atoms with Crippen LogP contribution in [0.15, 0.2) is 12.2 Å². The highest BCUT2D eigenvalue weighted by atomic mass is 16.2. The minimum Gasteiger partial charge on any atom is -0.396 e. The molecule has 0 aromatic rings. The highest BCUT2D eigenvalue weighted by molar-refractivity contribution is 5.19. The van der Waals surface area contributed by atoms with Crippen molar-refractivity contribution >= 4 is 0 Å². The topological polar surface area (TPSA) is 20.2 Å². The standard InChI is InChI=1S/C12H20O/c1-9-4-5-10-8-11(9)12(10,2)6-3-7-13/h10-11,13H,1,3-8H2,2H3/t10-,11-,12-/m0/s1. The Labute approximate surface area is 80.8 Å². The van der Waals surface area contributed by atoms with Gasteiger partial charge in [-0.25, -0.2) is 0 Å². The lowest BCUT2D eigenvalue weighted by molar-refractivity contribution is -0.0552. The van der Waals surface area contributed by atoms with Gasteiger partial charge in [0.25, 0.3) is 0 Å². The van der Waals surface area contributed by atoms with Crippen LogP contribution in [0.4, 0.5) is 0 Å². The zero-order chi connectivity index (χ0) is 9.47. The summed E-state index contributed by atoms with van der Waals surface area (Å²) in [6.07, 6.45) is 6.14. The Bertz CT molecular complexity index is 219. The van der Waals surface area contributed by atoms with Crippen molar-refractivity contribution in [2.24, 2.45) is 17.3 Å². The average Bonchev–Trinajstić information content (AvgIpc) is 2.13. The highest BCUT2D eigenvalue weighted by Gasteiger charge is 2.53. The van der Waals surface area contributed by atoms with E-state index in [2.05, 4.69) is 13.5 Å². The van der Waals surface area contributed by atoms with Crippen LogP contribution in [0.2, 0.25) is 0 Å². The van der Waals surface area contributed by atoms with E-state index in [1.54, 1.807) is 0 Å². The van der Waals surface area contributed by atoms with E-state index in [1.807, 2.05) is 0 Å². The normalized spacial score (nSPS) is 43.1. The van der Waals surface area contributed by atoms with Gasteiger partial charge in [-0.3, -0.25) is 0 Å². The molecule has 3 aliphatic rings. The van der Waals surface area contributed by atoms with Gasteiger partial charge in [0.1, 0.15) is 0 Å². The Hall–Kier alpha value is -0.300. The van der Waals surface area contributed by atoms with Crippen molar-refractivity contribution in [2.75, 3.05) is 6.61 Å². The predicted molar refractivity (Wildman–Crippen MR) is 54.4 cm³/mol. The van der Waals surface area contributed by atoms with Crippen molar-refractivity contribution in [2.45, 2.75) is 39.0 Å². The molecule has 0 radical (unpaired) electrons. The molecule has 0 saturated heterocycles. The first-order valence-corrected chi connectivity index (χ1v) is 5.47. The zero-order valence-electron chi connectivity index (χ0n) is 8.55. The van der Waals surface area contributed by atoms with Gasteiger partial charge in [-0.15, -0.1) is 0 Å². The Morgan fingerprint density at radius 1 is 1.62 bits per heavy atom. The van der Waals surface area contributed by atoms with Crippen molar-refractivity contribution in [1.29, 1.82) is 0 Å². The van der Waals surface area contributed by atoms with E-state index in [1.165, 1.54) is 31.3 Å². The van der Waals surface area contributed by atoms with Crippen LogP contribution in [0.5, 0.6) is 0 Å². The molecule has 1 nitrogen and oxygen atoms in total. The SMILES string of the molecule is C=C1CC[C@H]2C[C@@H]1[C@@]2(C)CCCO. The maximum atomic E-state index is 8.86. The lowest BCUT2D eigenvalue weighted by Crippen LogP contribution is -2.50. The molecule has 13 heavy (non-hydrogen) atoms. The molecule has 1 N–H and O–H groups in total. The summed E-state index contributed by atoms with van der Waals surface area (Å²) in [4.78, 5) is 0. The molecule has 2 bridgehead atoms. The van der Waals surface area contributed by atoms with Gasteiger partial charge >= 0.3 is 0 Å². The van der Waals surface area contributed by atoms with Crippen LogP contribution in [0.3, 0.4) is 0 Å². The van der Waals surface area contributed by atoms with Gasteiger partial charge in [-0.1, -0.05) is 19.1 Å². The first-order valence-electron chi connectivity index (χ1n) is 5.47. The van der Waals surface area contributed by atoms with Gasteiger partial charge < -0.3 is 5.11 Å². The molecule has 0 unspecified atom stereocenters. The fraction of sp³-hybridized carbons (Fsp3) is 0.833. The number of allylic oxidation sites excluding steroid dienone is 1. The van der Waals surface area contributed by atoms with E-state index in [-0.39, 0.29) is 0 Å². The molecule has 1 heteroatoms. The number of aliphatic hydroxyl groups excluding tert-OH is 1. The number of rotatable bonds is 3. The molecule has 0 spiro atoms. The Morgan fingerprint density at radius 3 is 2.92 bits per heavy atom. The Kier molecular flexibility index (Phi) is 2.23. The van der Waals surface area contributed by atoms with Gasteiger partial charge in [0.15, 0.2) is 0 Å². The van der Waals surface area contributed by atoms with Gasteiger partial charge in [-0.05, 0) is 49.4 Å². The minimum atomic E-state index is 0.349. The molecule has 74 valence electrons. The lowest BCUT2D eigenvalue weighted by Gasteiger charge is -2.59. The van der Waals surface area contributed by atoms with Crippen LogP contribution >= 0.6 is 0 Å². The molecule has 0 aromatic heterocycles. The highest BCUT2D eigenvalue weighted by Crippen LogP contribution is 2.63. The smallest absolute Gasteiger partial charge is 0.0431 e. The van der Waals surface area contributed by atoms with Crippen LogP contribution in [0.1, 0.15) is 39.0 Å². The molecule has 0 aliphatic heterocycles. The third kappa shape index (κ3) is 1.25. The largest absolute Gasteiger partial charge is 0.396 e. The first-order chi connectivity index (χ1) is 6.18. The summed E-state index contributed by atoms with van der Waals surface area (Å²) in [5.41, 5.74) is 1.97. The maximum Gasteiger partial charge on any atom is 0.0431 e. The monoisotopic (exact) mass is 180 g/mol. The Balaban J connectivity index is 2.02. The molecule has 0 amide bonds. The molecule has 3 saturated carbocycles. The van der Waals surface area contributed by atoms with Gasteiger partial charge in [0.2, 0.25) is 0 Å². The number of hydrogen-bond donors (Lipinski definition) is 1. The van der Waals surface area contributed by atoms with Crippen molar-refractivity contribution < 1.29 is 5.11 Å². The van der Waals surface area contributed by atoms with E-state index >= 15 is 0 Å². The summed E-state index contributed by atoms with van der Waals surface area (Å²) in [7, 11) is 0. The fourth-order valence-corrected chi connectivity index (χ4v) is 3.40. The van der Waals surface area contributed by atoms with Crippen LogP contribution in [-0.2, 0) is 0 Å². The Morgan fingerprint density at radius 2 is 2.38 bits per heavy atom. The molecule has 0 aromatic carbocycles. The predicted octanol–water partition coefficient (Wildman–Crippen LogP) is 2.75. The van der Waals surface area contributed by atoms with Gasteiger partial charge in [0, 0.05) is 6.61 Å². The molecule has 3 fully saturated rings. The number of fused-ring (bicyclic) bond motifs is 2. The molecule has 3 rings (SSSR count). The maximum absolute atomic E-state index is 8.86. The fourth-order valence-electron chi connectivity index (χ4n) is 3.40. The van der Waals surface area contributed by atoms with E-state index in [9.17, 15) is 0 Å². The van der Waals surface area contributed by atoms with Crippen molar-refractivity contribution in [1.82, 2.24) is 0 Å². The van der Waals surface area contributed by atoms with Gasteiger partial charge in [0.05, 0.1) is 0 Å². The van der Waals surface area contributed by atoms with Crippen molar-refractivity contribution in [3.05, 3.63) is 12.2 Å². The van der Waals surface area contributed by atoms with E-state index in [0.29, 0.717) is 12.0 Å². The summed E-state index contributed by atoms with van der Waals surface area (Å²) in [5, 5.41) is 8.86. The van der Waals surface area contributed by atoms with Crippen LogP contribution < -0.4 is 0 Å². The second kappa shape index (κ2) is 3.13. The number of aliphatic hydroxyl groups is 1. The summed E-state index contributed by atoms with van der Waals surface area (Å²) in [6, 6.07) is 0. The van der Waals surface area contributed by atoms with E-state index < -0.39 is 0 Å². The lowest BCUT2D eigenvalue weighted by atomic mass is 9.45.